The maximum Gasteiger partial charge on any atom is 0.118 e. The van der Waals surface area contributed by atoms with E-state index in [0.29, 0.717) is 10.9 Å². The number of nitrogens with zero attached hydrogens (tertiary/aromatic N) is 1. The minimum atomic E-state index is 0.432. The lowest BCUT2D eigenvalue weighted by atomic mass is 10.1. The molecule has 20 heavy (non-hydrogen) atoms. The average Bonchev–Trinajstić information content (AvgIpc) is 2.48. The summed E-state index contributed by atoms with van der Waals surface area (Å²) in [6.07, 6.45) is 0. The summed E-state index contributed by atoms with van der Waals surface area (Å²) in [5.41, 5.74) is 3.24. The minimum absolute atomic E-state index is 0.432. The molecule has 0 aliphatic rings. The van der Waals surface area contributed by atoms with Crippen LogP contribution in [0.25, 0.3) is 0 Å². The second-order valence-corrected chi connectivity index (χ2v) is 5.29. The van der Waals surface area contributed by atoms with Crippen LogP contribution in [-0.2, 0) is 12.4 Å². The zero-order valence-corrected chi connectivity index (χ0v) is 13.1. The van der Waals surface area contributed by atoms with Gasteiger partial charge in [0.2, 0.25) is 0 Å². The van der Waals surface area contributed by atoms with Crippen LogP contribution in [0, 0.1) is 0 Å². The maximum atomic E-state index is 6.19. The predicted octanol–water partition coefficient (Wildman–Crippen LogP) is 4.72. The van der Waals surface area contributed by atoms with Crippen molar-refractivity contribution in [2.45, 2.75) is 12.4 Å². The first-order valence-electron chi connectivity index (χ1n) is 6.32. The molecule has 0 aliphatic heterocycles. The second-order valence-electron chi connectivity index (χ2n) is 4.61. The van der Waals surface area contributed by atoms with Crippen LogP contribution in [-0.4, -0.2) is 14.2 Å². The molecular weight excluding hydrogens is 293 g/mol. The van der Waals surface area contributed by atoms with Crippen molar-refractivity contribution in [1.29, 1.82) is 0 Å². The van der Waals surface area contributed by atoms with Crippen molar-refractivity contribution in [3.63, 3.8) is 0 Å². The molecule has 0 saturated carbocycles. The van der Waals surface area contributed by atoms with Crippen molar-refractivity contribution in [3.05, 3.63) is 58.6 Å². The first-order valence-corrected chi connectivity index (χ1v) is 7.23. The highest BCUT2D eigenvalue weighted by Crippen LogP contribution is 2.25. The summed E-state index contributed by atoms with van der Waals surface area (Å²) < 4.78 is 5.16. The molecule has 0 amide bonds. The highest BCUT2D eigenvalue weighted by atomic mass is 35.5. The molecule has 0 saturated heterocycles. The van der Waals surface area contributed by atoms with Crippen molar-refractivity contribution in [3.8, 4) is 5.75 Å². The zero-order chi connectivity index (χ0) is 14.5. The summed E-state index contributed by atoms with van der Waals surface area (Å²) in [5, 5.41) is 0.707. The Morgan fingerprint density at radius 3 is 2.35 bits per heavy atom. The Bertz CT molecular complexity index is 569. The van der Waals surface area contributed by atoms with Crippen LogP contribution in [0.4, 0.5) is 5.69 Å². The molecule has 0 aliphatic carbocycles. The average molecular weight is 310 g/mol. The third-order valence-corrected chi connectivity index (χ3v) is 3.84. The Morgan fingerprint density at radius 1 is 1.10 bits per heavy atom. The smallest absolute Gasteiger partial charge is 0.118 e. The van der Waals surface area contributed by atoms with Crippen LogP contribution in [0.3, 0.4) is 0 Å². The van der Waals surface area contributed by atoms with Gasteiger partial charge in [-0.05, 0) is 35.4 Å². The largest absolute Gasteiger partial charge is 0.497 e. The summed E-state index contributed by atoms with van der Waals surface area (Å²) in [4.78, 5) is 2.14. The molecule has 0 unspecified atom stereocenters. The van der Waals surface area contributed by atoms with Gasteiger partial charge in [-0.25, -0.2) is 0 Å². The molecule has 0 fully saturated rings. The first-order chi connectivity index (χ1) is 9.63. The van der Waals surface area contributed by atoms with Gasteiger partial charge in [0.05, 0.1) is 7.11 Å². The van der Waals surface area contributed by atoms with Gasteiger partial charge < -0.3 is 9.64 Å². The van der Waals surface area contributed by atoms with Gasteiger partial charge in [-0.2, -0.15) is 0 Å². The summed E-state index contributed by atoms with van der Waals surface area (Å²) in [5.74, 6) is 1.30. The van der Waals surface area contributed by atoms with Crippen LogP contribution >= 0.6 is 23.2 Å². The van der Waals surface area contributed by atoms with Crippen molar-refractivity contribution >= 4 is 28.9 Å². The van der Waals surface area contributed by atoms with E-state index in [0.717, 1.165) is 23.5 Å². The molecule has 0 aromatic heterocycles. The zero-order valence-electron chi connectivity index (χ0n) is 11.6. The molecule has 4 heteroatoms. The molecule has 0 bridgehead atoms. The van der Waals surface area contributed by atoms with Crippen LogP contribution in [0.1, 0.15) is 11.1 Å². The van der Waals surface area contributed by atoms with E-state index in [1.54, 1.807) is 7.11 Å². The summed E-state index contributed by atoms with van der Waals surface area (Å²) >= 11 is 12.0. The maximum absolute atomic E-state index is 6.19. The monoisotopic (exact) mass is 309 g/mol. The normalized spacial score (nSPS) is 10.4. The highest BCUT2D eigenvalue weighted by molar-refractivity contribution is 6.32. The number of rotatable bonds is 5. The Balaban J connectivity index is 2.10. The van der Waals surface area contributed by atoms with E-state index in [1.165, 1.54) is 5.56 Å². The lowest BCUT2D eigenvalue weighted by Gasteiger charge is -2.20. The number of benzene rings is 2. The van der Waals surface area contributed by atoms with E-state index in [-0.39, 0.29) is 0 Å². The minimum Gasteiger partial charge on any atom is -0.497 e. The molecule has 2 rings (SSSR count). The van der Waals surface area contributed by atoms with E-state index in [1.807, 2.05) is 37.4 Å². The van der Waals surface area contributed by atoms with Gasteiger partial charge in [0.15, 0.2) is 0 Å². The van der Waals surface area contributed by atoms with E-state index in [4.69, 9.17) is 27.9 Å². The van der Waals surface area contributed by atoms with Crippen molar-refractivity contribution in [1.82, 2.24) is 0 Å². The lowest BCUT2D eigenvalue weighted by Crippen LogP contribution is -2.16. The number of alkyl halides is 1. The van der Waals surface area contributed by atoms with E-state index < -0.39 is 0 Å². The third kappa shape index (κ3) is 3.59. The van der Waals surface area contributed by atoms with Crippen molar-refractivity contribution < 1.29 is 4.74 Å². The van der Waals surface area contributed by atoms with Crippen molar-refractivity contribution in [2.24, 2.45) is 0 Å². The standard InChI is InChI=1S/C16H17Cl2NO/c1-19(11-12-3-7-15(20-2)8-4-12)14-6-5-13(10-17)16(18)9-14/h3-9H,10-11H2,1-2H3. The third-order valence-electron chi connectivity index (χ3n) is 3.20. The molecule has 0 heterocycles. The van der Waals surface area contributed by atoms with Crippen LogP contribution in [0.15, 0.2) is 42.5 Å². The van der Waals surface area contributed by atoms with Gasteiger partial charge in [-0.15, -0.1) is 11.6 Å². The number of methoxy groups -OCH3 is 1. The number of hydrogen-bond donors (Lipinski definition) is 0. The lowest BCUT2D eigenvalue weighted by molar-refractivity contribution is 0.414. The van der Waals surface area contributed by atoms with Gasteiger partial charge in [-0.1, -0.05) is 29.8 Å². The van der Waals surface area contributed by atoms with Crippen molar-refractivity contribution in [2.75, 3.05) is 19.1 Å². The fourth-order valence-electron chi connectivity index (χ4n) is 1.98. The van der Waals surface area contributed by atoms with Gasteiger partial charge >= 0.3 is 0 Å². The quantitative estimate of drug-likeness (QED) is 0.741. The van der Waals surface area contributed by atoms with Gasteiger partial charge in [0.25, 0.3) is 0 Å². The number of halogens is 2. The Labute approximate surface area is 129 Å². The highest BCUT2D eigenvalue weighted by Gasteiger charge is 2.06. The fraction of sp³-hybridized carbons (Fsp3) is 0.250. The first kappa shape index (κ1) is 15.0. The molecule has 0 atom stereocenters. The molecule has 0 N–H and O–H groups in total. The van der Waals surface area contributed by atoms with E-state index >= 15 is 0 Å². The molecule has 2 aromatic rings. The molecule has 2 nitrogen and oxygen atoms in total. The second kappa shape index (κ2) is 6.87. The van der Waals surface area contributed by atoms with E-state index in [9.17, 15) is 0 Å². The van der Waals surface area contributed by atoms with Gasteiger partial charge in [0, 0.05) is 30.2 Å². The number of anilines is 1. The molecular formula is C16H17Cl2NO. The van der Waals surface area contributed by atoms with Crippen LogP contribution in [0.5, 0.6) is 5.75 Å². The van der Waals surface area contributed by atoms with Crippen LogP contribution < -0.4 is 9.64 Å². The fourth-order valence-corrected chi connectivity index (χ4v) is 2.52. The SMILES string of the molecule is COc1ccc(CN(C)c2ccc(CCl)c(Cl)c2)cc1. The number of hydrogen-bond acceptors (Lipinski definition) is 2. The topological polar surface area (TPSA) is 12.5 Å². The molecule has 106 valence electrons. The summed E-state index contributed by atoms with van der Waals surface area (Å²) in [7, 11) is 3.71. The van der Waals surface area contributed by atoms with Crippen LogP contribution in [0.2, 0.25) is 5.02 Å². The van der Waals surface area contributed by atoms with Gasteiger partial charge in [-0.3, -0.25) is 0 Å². The Morgan fingerprint density at radius 2 is 1.80 bits per heavy atom. The van der Waals surface area contributed by atoms with E-state index in [2.05, 4.69) is 17.0 Å². The Kier molecular flexibility index (Phi) is 5.16. The number of ether oxygens (including phenoxy) is 1. The molecule has 2 aromatic carbocycles. The molecule has 0 spiro atoms. The predicted molar refractivity (Wildman–Crippen MR) is 86.1 cm³/mol. The summed E-state index contributed by atoms with van der Waals surface area (Å²) in [6.45, 7) is 0.806. The van der Waals surface area contributed by atoms with Gasteiger partial charge in [0.1, 0.15) is 5.75 Å². The summed E-state index contributed by atoms with van der Waals surface area (Å²) in [6, 6.07) is 14.0. The molecule has 0 radical (unpaired) electrons. The Hall–Kier alpha value is -1.38.